The molecule has 0 N–H and O–H groups in total. The molecule has 0 aromatic rings. The van der Waals surface area contributed by atoms with Crippen LogP contribution in [0.15, 0.2) is 0 Å². The van der Waals surface area contributed by atoms with Gasteiger partial charge < -0.3 is 0 Å². The predicted octanol–water partition coefficient (Wildman–Crippen LogP) is 1.19. The van der Waals surface area contributed by atoms with Crippen LogP contribution in [0.1, 0.15) is 0 Å². The van der Waals surface area contributed by atoms with Gasteiger partial charge in [-0.25, -0.2) is 0 Å². The third-order valence-electron chi connectivity index (χ3n) is 0. The normalized spacial score (nSPS) is 8.75. The van der Waals surface area contributed by atoms with Crippen molar-refractivity contribution in [2.75, 3.05) is 13.3 Å². The summed E-state index contributed by atoms with van der Waals surface area (Å²) in [6.07, 6.45) is 0. The van der Waals surface area contributed by atoms with Crippen molar-refractivity contribution in [1.29, 1.82) is 0 Å². The maximum absolute atomic E-state index is 2.27. The summed E-state index contributed by atoms with van der Waals surface area (Å²) >= 11 is 1.74. The van der Waals surface area contributed by atoms with Gasteiger partial charge >= 0.3 is 53.8 Å². The Balaban J connectivity index is 2.32. The summed E-state index contributed by atoms with van der Waals surface area (Å²) in [5.74, 6) is 0. The molecule has 0 aliphatic heterocycles. The molecule has 2 heteroatoms. The van der Waals surface area contributed by atoms with E-state index in [1.54, 1.807) is 37.6 Å². The molecule has 0 fully saturated rings. The second-order valence-electron chi connectivity index (χ2n) is 0.812. The number of hydrogen-bond acceptors (Lipinski definition) is 0. The quantitative estimate of drug-likeness (QED) is 0.528. The van der Waals surface area contributed by atoms with Crippen molar-refractivity contribution in [3.63, 3.8) is 0 Å². The second kappa shape index (κ2) is 2.98. The molecule has 0 radical (unpaired) electrons. The molecule has 0 saturated carbocycles. The molecule has 0 aromatic carbocycles. The second-order valence-corrected chi connectivity index (χ2v) is 9.47. The molecule has 0 bridgehead atoms. The summed E-state index contributed by atoms with van der Waals surface area (Å²) < 4.78 is 0.463. The Morgan fingerprint density at radius 3 is 1.50 bits per heavy atom. The Hall–Kier alpha value is 1.77. The fourth-order valence-corrected chi connectivity index (χ4v) is 0. The van der Waals surface area contributed by atoms with Crippen LogP contribution in [0.2, 0.25) is 0 Å². The number of hydrogen-bond donors (Lipinski definition) is 0. The summed E-state index contributed by atoms with van der Waals surface area (Å²) in [5, 5.41) is 0. The van der Waals surface area contributed by atoms with Gasteiger partial charge in [-0.15, -0.1) is 0 Å². The zero-order valence-corrected chi connectivity index (χ0v) is 6.37. The van der Waals surface area contributed by atoms with Gasteiger partial charge in [0.1, 0.15) is 0 Å². The Labute approximate surface area is 53.1 Å². The van der Waals surface area contributed by atoms with Crippen LogP contribution < -0.4 is 0 Å². The van der Waals surface area contributed by atoms with Crippen LogP contribution >= 0.6 is 2.89 Å². The van der Waals surface area contributed by atoms with Crippen molar-refractivity contribution in [2.45, 2.75) is 0 Å². The number of rotatable bonds is 0. The van der Waals surface area contributed by atoms with Crippen LogP contribution in [0.4, 0.5) is 0 Å². The first-order chi connectivity index (χ1) is 1.73. The molecular weight excluding hydrogens is 205 g/mol. The minimum atomic E-state index is 0.463. The summed E-state index contributed by atoms with van der Waals surface area (Å²) in [4.78, 5) is 0. The Kier molecular flexibility index (Phi) is 4.29. The molecule has 0 heterocycles. The molecule has 4 heavy (non-hydrogen) atoms. The minimum absolute atomic E-state index is 0.463. The van der Waals surface area contributed by atoms with E-state index >= 15 is 0 Å². The van der Waals surface area contributed by atoms with Crippen LogP contribution in [0.5, 0.6) is 0 Å². The topological polar surface area (TPSA) is 0 Å². The zero-order chi connectivity index (χ0) is 3.58. The molecule has 0 amide bonds. The van der Waals surface area contributed by atoms with Crippen LogP contribution in [0.3, 0.4) is 0 Å². The molecule has 25 valence electrons. The summed E-state index contributed by atoms with van der Waals surface area (Å²) in [5.41, 5.74) is 0. The molecule has 0 rings (SSSR count). The van der Waals surface area contributed by atoms with Gasteiger partial charge in [0.05, 0.1) is 0 Å². The first-order valence-corrected chi connectivity index (χ1v) is 6.75. The Bertz CT molecular complexity index is 10.8. The van der Waals surface area contributed by atoms with Crippen molar-refractivity contribution in [3.05, 3.63) is 0 Å². The van der Waals surface area contributed by atoms with Crippen LogP contribution in [-0.4, -0.2) is 13.3 Å². The van der Waals surface area contributed by atoms with Gasteiger partial charge in [-0.2, -0.15) is 0 Å². The molecule has 0 saturated heterocycles. The van der Waals surface area contributed by atoms with Gasteiger partial charge in [0.2, 0.25) is 0 Å². The van der Waals surface area contributed by atoms with Crippen LogP contribution in [0.25, 0.3) is 0 Å². The van der Waals surface area contributed by atoms with Gasteiger partial charge in [-0.3, -0.25) is 0 Å². The molecule has 0 aliphatic rings. The first-order valence-electron chi connectivity index (χ1n) is 1.08. The van der Waals surface area contributed by atoms with Crippen LogP contribution in [-0.2, 0) is 0 Å². The van der Waals surface area contributed by atoms with E-state index in [-0.39, 0.29) is 0 Å². The Morgan fingerprint density at radius 1 is 1.50 bits per heavy atom. The SMILES string of the molecule is C[P](C)[Sm]. The van der Waals surface area contributed by atoms with Crippen LogP contribution in [0, 0.1) is 37.6 Å². The molecule has 0 aromatic heterocycles. The van der Waals surface area contributed by atoms with E-state index in [0.717, 1.165) is 0 Å². The summed E-state index contributed by atoms with van der Waals surface area (Å²) in [6.45, 7) is 4.54. The Morgan fingerprint density at radius 2 is 1.50 bits per heavy atom. The summed E-state index contributed by atoms with van der Waals surface area (Å²) in [7, 11) is 0. The first kappa shape index (κ1) is 5.77. The zero-order valence-electron chi connectivity index (χ0n) is 2.86. The third-order valence-corrected chi connectivity index (χ3v) is 0. The van der Waals surface area contributed by atoms with Crippen molar-refractivity contribution in [2.24, 2.45) is 0 Å². The van der Waals surface area contributed by atoms with Gasteiger partial charge in [-0.05, 0) is 0 Å². The van der Waals surface area contributed by atoms with Gasteiger partial charge in [-0.1, -0.05) is 0 Å². The monoisotopic (exact) mass is 213 g/mol. The van der Waals surface area contributed by atoms with Gasteiger partial charge in [0.15, 0.2) is 0 Å². The van der Waals surface area contributed by atoms with Crippen molar-refractivity contribution >= 4 is 2.89 Å². The average Bonchev–Trinajstić information content (AvgIpc) is 0.811. The predicted molar refractivity (Wildman–Crippen MR) is 18.8 cm³/mol. The third kappa shape index (κ3) is 9.24. The molecule has 0 atom stereocenters. The van der Waals surface area contributed by atoms with Gasteiger partial charge in [0.25, 0.3) is 0 Å². The van der Waals surface area contributed by atoms with E-state index in [4.69, 9.17) is 0 Å². The molecular formula is C2H6PSm. The van der Waals surface area contributed by atoms with E-state index in [1.807, 2.05) is 0 Å². The molecule has 0 spiro atoms. The van der Waals surface area contributed by atoms with Crippen molar-refractivity contribution in [1.82, 2.24) is 0 Å². The molecule has 0 aliphatic carbocycles. The van der Waals surface area contributed by atoms with Gasteiger partial charge in [0, 0.05) is 0 Å². The fourth-order valence-electron chi connectivity index (χ4n) is 0. The maximum atomic E-state index is 2.27. The van der Waals surface area contributed by atoms with E-state index in [9.17, 15) is 0 Å². The average molecular weight is 211 g/mol. The van der Waals surface area contributed by atoms with Crippen molar-refractivity contribution < 1.29 is 37.6 Å². The molecule has 0 nitrogen and oxygen atoms in total. The van der Waals surface area contributed by atoms with E-state index in [1.165, 1.54) is 0 Å². The van der Waals surface area contributed by atoms with E-state index in [2.05, 4.69) is 13.3 Å². The summed E-state index contributed by atoms with van der Waals surface area (Å²) in [6, 6.07) is 0. The molecule has 0 unspecified atom stereocenters. The van der Waals surface area contributed by atoms with Crippen molar-refractivity contribution in [3.8, 4) is 0 Å². The standard InChI is InChI=1S/C2H6P.Sm/c1-3-2;/h1-2H3;/q-1;+1. The fraction of sp³-hybridized carbons (Fsp3) is 1.00. The van der Waals surface area contributed by atoms with E-state index < -0.39 is 0 Å². The van der Waals surface area contributed by atoms with E-state index in [0.29, 0.717) is 2.89 Å².